The SMILES string of the molecule is CN(C(=O)c1nc2ccccc2s1)c1ccc2ccccc2c1. The van der Waals surface area contributed by atoms with Gasteiger partial charge in [0, 0.05) is 12.7 Å². The van der Waals surface area contributed by atoms with Gasteiger partial charge in [-0.2, -0.15) is 0 Å². The molecule has 0 spiro atoms. The molecule has 0 aliphatic heterocycles. The highest BCUT2D eigenvalue weighted by molar-refractivity contribution is 7.20. The first-order chi connectivity index (χ1) is 11.2. The van der Waals surface area contributed by atoms with Gasteiger partial charge < -0.3 is 4.90 Å². The summed E-state index contributed by atoms with van der Waals surface area (Å²) < 4.78 is 1.03. The van der Waals surface area contributed by atoms with E-state index in [4.69, 9.17) is 0 Å². The number of anilines is 1. The third kappa shape index (κ3) is 2.47. The monoisotopic (exact) mass is 318 g/mol. The minimum Gasteiger partial charge on any atom is -0.309 e. The van der Waals surface area contributed by atoms with Crippen molar-refractivity contribution in [3.8, 4) is 0 Å². The van der Waals surface area contributed by atoms with E-state index in [1.807, 2.05) is 54.6 Å². The highest BCUT2D eigenvalue weighted by Gasteiger charge is 2.18. The summed E-state index contributed by atoms with van der Waals surface area (Å²) in [5, 5.41) is 2.80. The molecule has 4 rings (SSSR count). The van der Waals surface area contributed by atoms with Gasteiger partial charge in [0.05, 0.1) is 10.2 Å². The molecule has 0 saturated carbocycles. The Balaban J connectivity index is 1.71. The average molecular weight is 318 g/mol. The Labute approximate surface area is 137 Å². The van der Waals surface area contributed by atoms with E-state index >= 15 is 0 Å². The molecule has 1 aromatic heterocycles. The fraction of sp³-hybridized carbons (Fsp3) is 0.0526. The molecule has 0 fully saturated rings. The van der Waals surface area contributed by atoms with Crippen molar-refractivity contribution < 1.29 is 4.79 Å². The minimum absolute atomic E-state index is 0.0820. The number of hydrogen-bond donors (Lipinski definition) is 0. The lowest BCUT2D eigenvalue weighted by Crippen LogP contribution is -2.25. The zero-order valence-corrected chi connectivity index (χ0v) is 13.4. The van der Waals surface area contributed by atoms with Crippen LogP contribution >= 0.6 is 11.3 Å². The van der Waals surface area contributed by atoms with Gasteiger partial charge in [0.1, 0.15) is 0 Å². The Morgan fingerprint density at radius 1 is 0.957 bits per heavy atom. The number of thiazole rings is 1. The number of para-hydroxylation sites is 1. The van der Waals surface area contributed by atoms with Crippen molar-refractivity contribution in [2.75, 3.05) is 11.9 Å². The van der Waals surface area contributed by atoms with Gasteiger partial charge in [-0.05, 0) is 35.0 Å². The van der Waals surface area contributed by atoms with Crippen molar-refractivity contribution in [3.05, 3.63) is 71.7 Å². The number of hydrogen-bond acceptors (Lipinski definition) is 3. The molecule has 0 atom stereocenters. The molecule has 0 radical (unpaired) electrons. The summed E-state index contributed by atoms with van der Waals surface area (Å²) in [6.45, 7) is 0. The highest BCUT2D eigenvalue weighted by atomic mass is 32.1. The van der Waals surface area contributed by atoms with Gasteiger partial charge in [-0.25, -0.2) is 4.98 Å². The lowest BCUT2D eigenvalue weighted by atomic mass is 10.1. The smallest absolute Gasteiger partial charge is 0.287 e. The first kappa shape index (κ1) is 13.9. The Kier molecular flexibility index (Phi) is 3.32. The van der Waals surface area contributed by atoms with E-state index < -0.39 is 0 Å². The molecule has 0 aliphatic rings. The molecular formula is C19H14N2OS. The lowest BCUT2D eigenvalue weighted by molar-refractivity contribution is 0.0993. The zero-order chi connectivity index (χ0) is 15.8. The molecule has 0 unspecified atom stereocenters. The fourth-order valence-corrected chi connectivity index (χ4v) is 3.55. The lowest BCUT2D eigenvalue weighted by Gasteiger charge is -2.16. The van der Waals surface area contributed by atoms with Crippen LogP contribution in [0.25, 0.3) is 21.0 Å². The maximum absolute atomic E-state index is 12.7. The van der Waals surface area contributed by atoms with Crippen LogP contribution in [0.1, 0.15) is 9.80 Å². The molecule has 1 amide bonds. The van der Waals surface area contributed by atoms with Gasteiger partial charge in [-0.15, -0.1) is 11.3 Å². The summed E-state index contributed by atoms with van der Waals surface area (Å²) in [5.41, 5.74) is 1.74. The van der Waals surface area contributed by atoms with Crippen LogP contribution in [0.4, 0.5) is 5.69 Å². The van der Waals surface area contributed by atoms with Crippen molar-refractivity contribution in [1.82, 2.24) is 4.98 Å². The van der Waals surface area contributed by atoms with Crippen molar-refractivity contribution in [2.24, 2.45) is 0 Å². The summed E-state index contributed by atoms with van der Waals surface area (Å²) in [5.74, 6) is -0.0820. The Bertz CT molecular complexity index is 989. The summed E-state index contributed by atoms with van der Waals surface area (Å²) in [7, 11) is 1.79. The number of aromatic nitrogens is 1. The molecule has 0 N–H and O–H groups in total. The van der Waals surface area contributed by atoms with Crippen LogP contribution in [0, 0.1) is 0 Å². The summed E-state index contributed by atoms with van der Waals surface area (Å²) in [6, 6.07) is 22.0. The van der Waals surface area contributed by atoms with E-state index in [9.17, 15) is 4.79 Å². The number of fused-ring (bicyclic) bond motifs is 2. The van der Waals surface area contributed by atoms with Gasteiger partial charge in [0.15, 0.2) is 5.01 Å². The van der Waals surface area contributed by atoms with Crippen molar-refractivity contribution in [2.45, 2.75) is 0 Å². The topological polar surface area (TPSA) is 33.2 Å². The van der Waals surface area contributed by atoms with Crippen LogP contribution in [-0.4, -0.2) is 17.9 Å². The minimum atomic E-state index is -0.0820. The van der Waals surface area contributed by atoms with Crippen LogP contribution in [0.2, 0.25) is 0 Å². The Morgan fingerprint density at radius 2 is 1.70 bits per heavy atom. The van der Waals surface area contributed by atoms with Gasteiger partial charge in [-0.1, -0.05) is 42.5 Å². The summed E-state index contributed by atoms with van der Waals surface area (Å²) >= 11 is 1.43. The van der Waals surface area contributed by atoms with Crippen molar-refractivity contribution >= 4 is 43.9 Å². The van der Waals surface area contributed by atoms with Crippen LogP contribution in [0.3, 0.4) is 0 Å². The number of carbonyl (C=O) groups is 1. The number of rotatable bonds is 2. The van der Waals surface area contributed by atoms with Crippen molar-refractivity contribution in [3.63, 3.8) is 0 Å². The third-order valence-electron chi connectivity index (χ3n) is 3.90. The van der Waals surface area contributed by atoms with Gasteiger partial charge >= 0.3 is 0 Å². The number of amides is 1. The molecule has 3 aromatic carbocycles. The van der Waals surface area contributed by atoms with Crippen LogP contribution in [-0.2, 0) is 0 Å². The van der Waals surface area contributed by atoms with E-state index in [0.717, 1.165) is 26.7 Å². The predicted octanol–water partition coefficient (Wildman–Crippen LogP) is 4.73. The average Bonchev–Trinajstić information content (AvgIpc) is 3.04. The molecule has 23 heavy (non-hydrogen) atoms. The Hall–Kier alpha value is -2.72. The molecule has 0 aliphatic carbocycles. The Morgan fingerprint density at radius 3 is 2.52 bits per heavy atom. The summed E-state index contributed by atoms with van der Waals surface area (Å²) in [4.78, 5) is 18.8. The van der Waals surface area contributed by atoms with E-state index in [1.54, 1.807) is 11.9 Å². The molecule has 0 bridgehead atoms. The molecule has 4 aromatic rings. The fourth-order valence-electron chi connectivity index (χ4n) is 2.61. The maximum Gasteiger partial charge on any atom is 0.287 e. The van der Waals surface area contributed by atoms with Crippen LogP contribution < -0.4 is 4.90 Å². The standard InChI is InChI=1S/C19H14N2OS/c1-21(15-11-10-13-6-2-3-7-14(13)12-15)19(22)18-20-16-8-4-5-9-17(16)23-18/h2-12H,1H3. The second-order valence-electron chi connectivity index (χ2n) is 5.38. The van der Waals surface area contributed by atoms with E-state index in [-0.39, 0.29) is 5.91 Å². The molecule has 0 saturated heterocycles. The predicted molar refractivity (Wildman–Crippen MR) is 96.3 cm³/mol. The molecule has 3 nitrogen and oxygen atoms in total. The van der Waals surface area contributed by atoms with Gasteiger partial charge in [0.2, 0.25) is 0 Å². The van der Waals surface area contributed by atoms with E-state index in [0.29, 0.717) is 5.01 Å². The molecule has 112 valence electrons. The molecule has 4 heteroatoms. The van der Waals surface area contributed by atoms with Gasteiger partial charge in [0.25, 0.3) is 5.91 Å². The van der Waals surface area contributed by atoms with E-state index in [2.05, 4.69) is 17.1 Å². The number of benzene rings is 3. The first-order valence-corrected chi connectivity index (χ1v) is 8.16. The maximum atomic E-state index is 12.7. The zero-order valence-electron chi connectivity index (χ0n) is 12.6. The second-order valence-corrected chi connectivity index (χ2v) is 6.41. The molecule has 1 heterocycles. The normalized spacial score (nSPS) is 11.0. The number of nitrogens with zero attached hydrogens (tertiary/aromatic N) is 2. The highest BCUT2D eigenvalue weighted by Crippen LogP contribution is 2.26. The second kappa shape index (κ2) is 5.48. The van der Waals surface area contributed by atoms with Gasteiger partial charge in [-0.3, -0.25) is 4.79 Å². The van der Waals surface area contributed by atoms with Crippen molar-refractivity contribution in [1.29, 1.82) is 0 Å². The van der Waals surface area contributed by atoms with E-state index in [1.165, 1.54) is 11.3 Å². The summed E-state index contributed by atoms with van der Waals surface area (Å²) in [6.07, 6.45) is 0. The number of carbonyl (C=O) groups excluding carboxylic acids is 1. The molecular weight excluding hydrogens is 304 g/mol. The first-order valence-electron chi connectivity index (χ1n) is 7.35. The van der Waals surface area contributed by atoms with Crippen LogP contribution in [0.5, 0.6) is 0 Å². The largest absolute Gasteiger partial charge is 0.309 e. The van der Waals surface area contributed by atoms with Crippen LogP contribution in [0.15, 0.2) is 66.7 Å². The quantitative estimate of drug-likeness (QED) is 0.535. The third-order valence-corrected chi connectivity index (χ3v) is 4.93.